The fraction of sp³-hybridized carbons (Fsp3) is 0.762. The number of hydrogen-bond donors (Lipinski definition) is 1. The number of carbonyl (C=O) groups is 3. The smallest absolute Gasteiger partial charge is 0.316 e. The first-order valence-electron chi connectivity index (χ1n) is 9.68. The van der Waals surface area contributed by atoms with E-state index in [0.717, 1.165) is 0 Å². The van der Waals surface area contributed by atoms with Crippen LogP contribution in [0.4, 0.5) is 0 Å². The van der Waals surface area contributed by atoms with Crippen LogP contribution in [0.1, 0.15) is 54.4 Å². The van der Waals surface area contributed by atoms with Crippen LogP contribution in [0, 0.1) is 23.7 Å². The number of carbonyl (C=O) groups excluding carboxylic acids is 3. The highest BCUT2D eigenvalue weighted by atomic mass is 16.6. The number of methoxy groups -OCH3 is 1. The maximum absolute atomic E-state index is 12.8. The molecule has 0 aliphatic carbocycles. The number of allylic oxidation sites excluding steroid dienone is 1. The number of rotatable bonds is 2. The van der Waals surface area contributed by atoms with Crippen molar-refractivity contribution in [2.75, 3.05) is 7.11 Å². The number of cyclic esters (lactones) is 1. The lowest BCUT2D eigenvalue weighted by molar-refractivity contribution is -0.167. The van der Waals surface area contributed by atoms with Gasteiger partial charge in [0.05, 0.1) is 6.10 Å². The lowest BCUT2D eigenvalue weighted by Gasteiger charge is -2.32. The summed E-state index contributed by atoms with van der Waals surface area (Å²) in [6, 6.07) is 0. The first-order valence-corrected chi connectivity index (χ1v) is 9.68. The van der Waals surface area contributed by atoms with E-state index in [2.05, 4.69) is 0 Å². The Hall–Kier alpha value is -1.53. The average molecular weight is 382 g/mol. The van der Waals surface area contributed by atoms with Gasteiger partial charge >= 0.3 is 5.97 Å². The molecule has 27 heavy (non-hydrogen) atoms. The number of ketones is 2. The minimum atomic E-state index is -1.50. The molecule has 0 unspecified atom stereocenters. The average Bonchev–Trinajstić information content (AvgIpc) is 2.61. The molecule has 0 saturated heterocycles. The third-order valence-electron chi connectivity index (χ3n) is 5.63. The SMILES string of the molecule is CC[C@H]1OC(=O)[C@H](C)C(=O)[C@H](C)[C@@H](OC)[C@@H](C)C[C@@H](C)C(=O)/C=C/[C@]1(C)O. The van der Waals surface area contributed by atoms with Gasteiger partial charge in [0.15, 0.2) is 11.6 Å². The van der Waals surface area contributed by atoms with Crippen molar-refractivity contribution < 1.29 is 29.0 Å². The molecule has 0 amide bonds. The summed E-state index contributed by atoms with van der Waals surface area (Å²) >= 11 is 0. The maximum Gasteiger partial charge on any atom is 0.316 e. The fourth-order valence-corrected chi connectivity index (χ4v) is 3.79. The van der Waals surface area contributed by atoms with Gasteiger partial charge in [0.25, 0.3) is 0 Å². The normalized spacial score (nSPS) is 41.0. The first-order chi connectivity index (χ1) is 12.5. The third kappa shape index (κ3) is 5.72. The molecule has 0 bridgehead atoms. The molecule has 0 saturated carbocycles. The van der Waals surface area contributed by atoms with Crippen molar-refractivity contribution in [3.8, 4) is 0 Å². The zero-order valence-corrected chi connectivity index (χ0v) is 17.5. The Bertz CT molecular complexity index is 579. The largest absolute Gasteiger partial charge is 0.458 e. The summed E-state index contributed by atoms with van der Waals surface area (Å²) in [6.45, 7) is 10.3. The number of aliphatic hydroxyl groups is 1. The van der Waals surface area contributed by atoms with Crippen LogP contribution in [0.3, 0.4) is 0 Å². The van der Waals surface area contributed by atoms with E-state index < -0.39 is 35.6 Å². The van der Waals surface area contributed by atoms with Gasteiger partial charge in [0.2, 0.25) is 0 Å². The molecule has 154 valence electrons. The highest BCUT2D eigenvalue weighted by Crippen LogP contribution is 2.28. The lowest BCUT2D eigenvalue weighted by atomic mass is 9.81. The Balaban J connectivity index is 3.31. The topological polar surface area (TPSA) is 89.9 Å². The molecule has 1 aliphatic heterocycles. The predicted octanol–water partition coefficient (Wildman–Crippen LogP) is 2.72. The van der Waals surface area contributed by atoms with Crippen molar-refractivity contribution in [2.24, 2.45) is 23.7 Å². The summed E-state index contributed by atoms with van der Waals surface area (Å²) in [5, 5.41) is 10.7. The van der Waals surface area contributed by atoms with Crippen LogP contribution >= 0.6 is 0 Å². The van der Waals surface area contributed by atoms with Crippen LogP contribution in [0.2, 0.25) is 0 Å². The van der Waals surface area contributed by atoms with E-state index in [1.54, 1.807) is 13.8 Å². The Morgan fingerprint density at radius 3 is 2.33 bits per heavy atom. The number of hydrogen-bond acceptors (Lipinski definition) is 6. The molecule has 0 aromatic rings. The zero-order chi connectivity index (χ0) is 20.9. The second kappa shape index (κ2) is 9.60. The molecule has 1 N–H and O–H groups in total. The zero-order valence-electron chi connectivity index (χ0n) is 17.5. The lowest BCUT2D eigenvalue weighted by Crippen LogP contribution is -2.44. The monoisotopic (exact) mass is 382 g/mol. The van der Waals surface area contributed by atoms with E-state index in [4.69, 9.17) is 9.47 Å². The molecule has 1 heterocycles. The van der Waals surface area contributed by atoms with Gasteiger partial charge < -0.3 is 14.6 Å². The van der Waals surface area contributed by atoms with Gasteiger partial charge in [-0.15, -0.1) is 0 Å². The quantitative estimate of drug-likeness (QED) is 0.583. The van der Waals surface area contributed by atoms with Crippen molar-refractivity contribution in [2.45, 2.75) is 72.2 Å². The molecule has 1 aliphatic rings. The molecule has 7 atom stereocenters. The van der Waals surface area contributed by atoms with Crippen LogP contribution in [0.25, 0.3) is 0 Å². The van der Waals surface area contributed by atoms with E-state index in [0.29, 0.717) is 12.8 Å². The van der Waals surface area contributed by atoms with Crippen LogP contribution in [-0.2, 0) is 23.9 Å². The Morgan fingerprint density at radius 1 is 1.22 bits per heavy atom. The molecule has 0 radical (unpaired) electrons. The maximum atomic E-state index is 12.8. The van der Waals surface area contributed by atoms with Gasteiger partial charge in [-0.1, -0.05) is 27.7 Å². The highest BCUT2D eigenvalue weighted by molar-refractivity contribution is 6.00. The van der Waals surface area contributed by atoms with E-state index >= 15 is 0 Å². The minimum Gasteiger partial charge on any atom is -0.458 e. The Morgan fingerprint density at radius 2 is 1.81 bits per heavy atom. The van der Waals surface area contributed by atoms with Crippen molar-refractivity contribution >= 4 is 17.5 Å². The second-order valence-corrected chi connectivity index (χ2v) is 8.02. The summed E-state index contributed by atoms with van der Waals surface area (Å²) in [7, 11) is 1.54. The van der Waals surface area contributed by atoms with Crippen molar-refractivity contribution in [1.82, 2.24) is 0 Å². The van der Waals surface area contributed by atoms with Gasteiger partial charge in [-0.3, -0.25) is 14.4 Å². The number of Topliss-reactive ketones (excluding diaryl/α,β-unsaturated/α-hetero) is 1. The molecule has 6 heteroatoms. The Labute approximate surface area is 162 Å². The van der Waals surface area contributed by atoms with Gasteiger partial charge in [0, 0.05) is 18.9 Å². The van der Waals surface area contributed by atoms with Crippen LogP contribution in [0.15, 0.2) is 12.2 Å². The highest BCUT2D eigenvalue weighted by Gasteiger charge is 2.39. The summed E-state index contributed by atoms with van der Waals surface area (Å²) in [4.78, 5) is 37.8. The van der Waals surface area contributed by atoms with E-state index in [1.165, 1.54) is 33.1 Å². The van der Waals surface area contributed by atoms with Crippen LogP contribution < -0.4 is 0 Å². The molecule has 6 nitrogen and oxygen atoms in total. The van der Waals surface area contributed by atoms with Gasteiger partial charge in [-0.2, -0.15) is 0 Å². The van der Waals surface area contributed by atoms with Crippen LogP contribution in [-0.4, -0.2) is 47.6 Å². The second-order valence-electron chi connectivity index (χ2n) is 8.02. The fourth-order valence-electron chi connectivity index (χ4n) is 3.79. The number of esters is 1. The molecular formula is C21H34O6. The van der Waals surface area contributed by atoms with Crippen LogP contribution in [0.5, 0.6) is 0 Å². The molecule has 0 aromatic heterocycles. The first kappa shape index (κ1) is 23.5. The Kier molecular flexibility index (Phi) is 8.36. The van der Waals surface area contributed by atoms with Gasteiger partial charge in [0.1, 0.15) is 17.6 Å². The molecular weight excluding hydrogens is 348 g/mol. The van der Waals surface area contributed by atoms with E-state index in [-0.39, 0.29) is 23.4 Å². The van der Waals surface area contributed by atoms with Crippen molar-refractivity contribution in [3.05, 3.63) is 12.2 Å². The molecule has 1 rings (SSSR count). The summed E-state index contributed by atoms with van der Waals surface area (Å²) in [5.74, 6) is -2.88. The minimum absolute atomic E-state index is 0.0589. The molecule has 0 spiro atoms. The standard InChI is InChI=1S/C21H34O6/c1-8-17-21(6,25)10-9-16(22)12(2)11-13(3)19(26-7)14(4)18(23)15(5)20(24)27-17/h9-10,12-15,17,19,25H,8,11H2,1-7H3/b10-9+/t12-,13+,14+,15-,17-,19+,21+/m1/s1. The third-order valence-corrected chi connectivity index (χ3v) is 5.63. The number of ether oxygens (including phenoxy) is 2. The summed E-state index contributed by atoms with van der Waals surface area (Å²) in [6.07, 6.45) is 2.37. The van der Waals surface area contributed by atoms with Crippen molar-refractivity contribution in [1.29, 1.82) is 0 Å². The van der Waals surface area contributed by atoms with Gasteiger partial charge in [-0.05, 0) is 44.8 Å². The van der Waals surface area contributed by atoms with Gasteiger partial charge in [-0.25, -0.2) is 0 Å². The summed E-state index contributed by atoms with van der Waals surface area (Å²) < 4.78 is 11.0. The molecule has 0 fully saturated rings. The van der Waals surface area contributed by atoms with E-state index in [9.17, 15) is 19.5 Å². The van der Waals surface area contributed by atoms with Crippen molar-refractivity contribution in [3.63, 3.8) is 0 Å². The van der Waals surface area contributed by atoms with E-state index in [1.807, 2.05) is 13.8 Å². The summed E-state index contributed by atoms with van der Waals surface area (Å²) in [5.41, 5.74) is -1.50. The molecule has 0 aromatic carbocycles. The predicted molar refractivity (Wildman–Crippen MR) is 102 cm³/mol.